The smallest absolute Gasteiger partial charge is 0.275 e. The van der Waals surface area contributed by atoms with Gasteiger partial charge in [-0.1, -0.05) is 0 Å². The fraction of sp³-hybridized carbons (Fsp3) is 0.455. The van der Waals surface area contributed by atoms with Gasteiger partial charge in [0.2, 0.25) is 0 Å². The summed E-state index contributed by atoms with van der Waals surface area (Å²) in [5, 5.41) is 13.5. The van der Waals surface area contributed by atoms with Gasteiger partial charge in [0.1, 0.15) is 6.10 Å². The molecule has 0 aliphatic carbocycles. The van der Waals surface area contributed by atoms with E-state index in [1.54, 1.807) is 0 Å². The minimum atomic E-state index is -1.05. The Bertz CT molecular complexity index is 439. The zero-order chi connectivity index (χ0) is 13.1. The summed E-state index contributed by atoms with van der Waals surface area (Å²) in [6.45, 7) is 1.36. The Balaban J connectivity index is 2.19. The van der Waals surface area contributed by atoms with Gasteiger partial charge < -0.3 is 10.1 Å². The third-order valence-electron chi connectivity index (χ3n) is 2.73. The number of nitrogens with one attached hydrogen (secondary N) is 1. The van der Waals surface area contributed by atoms with Crippen LogP contribution >= 0.6 is 0 Å². The van der Waals surface area contributed by atoms with Gasteiger partial charge >= 0.3 is 0 Å². The average molecular weight is 258 g/mol. The number of hydrogen-bond acceptors (Lipinski definition) is 4. The van der Waals surface area contributed by atoms with E-state index < -0.39 is 28.0 Å². The molecule has 5 nitrogen and oxygen atoms in total. The summed E-state index contributed by atoms with van der Waals surface area (Å²) in [5.74, 6) is -2.64. The Morgan fingerprint density at radius 1 is 1.39 bits per heavy atom. The lowest BCUT2D eigenvalue weighted by Gasteiger charge is -2.24. The van der Waals surface area contributed by atoms with Gasteiger partial charge in [0, 0.05) is 6.54 Å². The minimum Gasteiger partial charge on any atom is -0.483 e. The zero-order valence-electron chi connectivity index (χ0n) is 9.49. The monoisotopic (exact) mass is 258 g/mol. The number of nitrogens with zero attached hydrogens (tertiary/aromatic N) is 1. The third-order valence-corrected chi connectivity index (χ3v) is 2.73. The van der Waals surface area contributed by atoms with E-state index in [1.165, 1.54) is 0 Å². The highest BCUT2D eigenvalue weighted by atomic mass is 19.1. The third kappa shape index (κ3) is 2.73. The van der Waals surface area contributed by atoms with Crippen LogP contribution in [-0.4, -0.2) is 24.1 Å². The van der Waals surface area contributed by atoms with Crippen molar-refractivity contribution in [2.45, 2.75) is 18.9 Å². The maximum absolute atomic E-state index is 13.5. The van der Waals surface area contributed by atoms with Crippen LogP contribution in [0, 0.1) is 21.7 Å². The fourth-order valence-corrected chi connectivity index (χ4v) is 1.85. The quantitative estimate of drug-likeness (QED) is 0.665. The molecule has 0 aromatic heterocycles. The highest BCUT2D eigenvalue weighted by molar-refractivity contribution is 5.39. The van der Waals surface area contributed by atoms with Crippen LogP contribution in [0.2, 0.25) is 0 Å². The van der Waals surface area contributed by atoms with Crippen molar-refractivity contribution >= 4 is 5.69 Å². The van der Waals surface area contributed by atoms with Crippen LogP contribution in [0.4, 0.5) is 14.5 Å². The molecule has 0 saturated carbocycles. The maximum atomic E-state index is 13.5. The van der Waals surface area contributed by atoms with Crippen molar-refractivity contribution in [3.8, 4) is 5.75 Å². The molecule has 1 aromatic carbocycles. The lowest BCUT2D eigenvalue weighted by atomic mass is 10.1. The topological polar surface area (TPSA) is 64.4 Å². The average Bonchev–Trinajstić information content (AvgIpc) is 2.34. The number of non-ortho nitro benzene ring substituents is 1. The predicted octanol–water partition coefficient (Wildman–Crippen LogP) is 2.00. The molecular formula is C11H12F2N2O3. The molecule has 0 spiro atoms. The van der Waals surface area contributed by atoms with E-state index in [-0.39, 0.29) is 6.10 Å². The molecule has 7 heteroatoms. The molecule has 0 amide bonds. The molecule has 0 unspecified atom stereocenters. The first kappa shape index (κ1) is 12.7. The molecule has 1 N–H and O–H groups in total. The van der Waals surface area contributed by atoms with E-state index in [4.69, 9.17) is 4.74 Å². The Kier molecular flexibility index (Phi) is 3.71. The summed E-state index contributed by atoms with van der Waals surface area (Å²) >= 11 is 0. The lowest BCUT2D eigenvalue weighted by molar-refractivity contribution is -0.385. The molecule has 1 atom stereocenters. The first-order valence-corrected chi connectivity index (χ1v) is 5.58. The zero-order valence-corrected chi connectivity index (χ0v) is 9.49. The van der Waals surface area contributed by atoms with Crippen molar-refractivity contribution in [2.75, 3.05) is 13.1 Å². The summed E-state index contributed by atoms with van der Waals surface area (Å²) in [4.78, 5) is 9.58. The number of benzene rings is 1. The molecule has 18 heavy (non-hydrogen) atoms. The molecule has 0 radical (unpaired) electrons. The highest BCUT2D eigenvalue weighted by Crippen LogP contribution is 2.28. The molecule has 0 bridgehead atoms. The van der Waals surface area contributed by atoms with Gasteiger partial charge in [-0.3, -0.25) is 10.1 Å². The normalized spacial score (nSPS) is 19.6. The second-order valence-corrected chi connectivity index (χ2v) is 4.08. The van der Waals surface area contributed by atoms with E-state index in [2.05, 4.69) is 5.32 Å². The summed E-state index contributed by atoms with van der Waals surface area (Å²) < 4.78 is 32.3. The van der Waals surface area contributed by atoms with Crippen molar-refractivity contribution in [3.05, 3.63) is 33.9 Å². The first-order chi connectivity index (χ1) is 8.58. The van der Waals surface area contributed by atoms with Gasteiger partial charge in [-0.2, -0.15) is 0 Å². The first-order valence-electron chi connectivity index (χ1n) is 5.58. The molecule has 1 aliphatic rings. The second-order valence-electron chi connectivity index (χ2n) is 4.08. The molecule has 1 aromatic rings. The number of halogens is 2. The van der Waals surface area contributed by atoms with Crippen LogP contribution in [-0.2, 0) is 0 Å². The standard InChI is InChI=1S/C11H12F2N2O3/c12-9-4-7(15(16)17)5-10(13)11(9)18-8-2-1-3-14-6-8/h4-5,8,14H,1-3,6H2/t8-/m0/s1. The number of hydrogen-bond donors (Lipinski definition) is 1. The van der Waals surface area contributed by atoms with E-state index in [9.17, 15) is 18.9 Å². The Morgan fingerprint density at radius 3 is 2.56 bits per heavy atom. The number of nitro benzene ring substituents is 1. The van der Waals surface area contributed by atoms with Crippen LogP contribution in [0.5, 0.6) is 5.75 Å². The van der Waals surface area contributed by atoms with Gasteiger partial charge in [0.15, 0.2) is 17.4 Å². The summed E-state index contributed by atoms with van der Waals surface area (Å²) in [5.41, 5.74) is -0.626. The van der Waals surface area contributed by atoms with Gasteiger partial charge in [-0.05, 0) is 19.4 Å². The molecular weight excluding hydrogens is 246 g/mol. The van der Waals surface area contributed by atoms with Crippen LogP contribution in [0.15, 0.2) is 12.1 Å². The van der Waals surface area contributed by atoms with E-state index in [1.807, 2.05) is 0 Å². The molecule has 1 saturated heterocycles. The lowest BCUT2D eigenvalue weighted by Crippen LogP contribution is -2.37. The number of ether oxygens (including phenoxy) is 1. The van der Waals surface area contributed by atoms with Gasteiger partial charge in [-0.15, -0.1) is 0 Å². The van der Waals surface area contributed by atoms with E-state index in [0.717, 1.165) is 13.0 Å². The van der Waals surface area contributed by atoms with Crippen LogP contribution in [0.3, 0.4) is 0 Å². The Hall–Kier alpha value is -1.76. The van der Waals surface area contributed by atoms with Crippen molar-refractivity contribution < 1.29 is 18.4 Å². The Labute approximate surface area is 102 Å². The molecule has 2 rings (SSSR count). The van der Waals surface area contributed by atoms with E-state index >= 15 is 0 Å². The SMILES string of the molecule is O=[N+]([O-])c1cc(F)c(O[C@H]2CCCNC2)c(F)c1. The van der Waals surface area contributed by atoms with Crippen molar-refractivity contribution in [1.82, 2.24) is 5.32 Å². The van der Waals surface area contributed by atoms with Crippen molar-refractivity contribution in [3.63, 3.8) is 0 Å². The second kappa shape index (κ2) is 5.26. The molecule has 1 aliphatic heterocycles. The van der Waals surface area contributed by atoms with Crippen LogP contribution in [0.1, 0.15) is 12.8 Å². The number of piperidine rings is 1. The summed E-state index contributed by atoms with van der Waals surface area (Å²) in [6.07, 6.45) is 1.24. The predicted molar refractivity (Wildman–Crippen MR) is 59.5 cm³/mol. The largest absolute Gasteiger partial charge is 0.483 e. The molecule has 98 valence electrons. The summed E-state index contributed by atoms with van der Waals surface area (Å²) in [7, 11) is 0. The highest BCUT2D eigenvalue weighted by Gasteiger charge is 2.22. The number of rotatable bonds is 3. The van der Waals surface area contributed by atoms with Crippen molar-refractivity contribution in [2.24, 2.45) is 0 Å². The molecule has 1 heterocycles. The van der Waals surface area contributed by atoms with Gasteiger partial charge in [0.05, 0.1) is 17.1 Å². The van der Waals surface area contributed by atoms with Gasteiger partial charge in [-0.25, -0.2) is 8.78 Å². The summed E-state index contributed by atoms with van der Waals surface area (Å²) in [6, 6.07) is 1.32. The fourth-order valence-electron chi connectivity index (χ4n) is 1.85. The van der Waals surface area contributed by atoms with E-state index in [0.29, 0.717) is 25.1 Å². The minimum absolute atomic E-state index is 0.316. The van der Waals surface area contributed by atoms with Gasteiger partial charge in [0.25, 0.3) is 5.69 Å². The Morgan fingerprint density at radius 2 is 2.06 bits per heavy atom. The van der Waals surface area contributed by atoms with Crippen LogP contribution in [0.25, 0.3) is 0 Å². The molecule has 1 fully saturated rings. The maximum Gasteiger partial charge on any atom is 0.275 e. The van der Waals surface area contributed by atoms with Crippen molar-refractivity contribution in [1.29, 1.82) is 0 Å². The number of nitro groups is 1. The van der Waals surface area contributed by atoms with Crippen LogP contribution < -0.4 is 10.1 Å².